The topological polar surface area (TPSA) is 83.0 Å². The van der Waals surface area contributed by atoms with Crippen molar-refractivity contribution >= 4 is 11.6 Å². The molecule has 0 N–H and O–H groups in total. The first kappa shape index (κ1) is 22.0. The molecule has 4 aromatic rings. The molecule has 3 aliphatic heterocycles. The summed E-state index contributed by atoms with van der Waals surface area (Å²) in [6.45, 7) is 6.75. The van der Waals surface area contributed by atoms with Gasteiger partial charge < -0.3 is 14.4 Å². The largest absolute Gasteiger partial charge is 0.340 e. The van der Waals surface area contributed by atoms with Crippen LogP contribution in [-0.4, -0.2) is 56.3 Å². The zero-order chi connectivity index (χ0) is 25.1. The molecule has 2 aromatic heterocycles. The Hall–Kier alpha value is -4.22. The van der Waals surface area contributed by atoms with E-state index in [4.69, 9.17) is 5.26 Å². The number of hydrogen-bond donors (Lipinski definition) is 0. The lowest BCUT2D eigenvalue weighted by Gasteiger charge is -2.32. The fraction of sp³-hybridized carbons (Fsp3) is 0.310. The zero-order valence-corrected chi connectivity index (χ0v) is 20.8. The molecule has 8 nitrogen and oxygen atoms in total. The number of carbonyl (C=O) groups excluding carboxylic acids is 1. The summed E-state index contributed by atoms with van der Waals surface area (Å²) in [5.74, 6) is 2.23. The lowest BCUT2D eigenvalue weighted by Crippen LogP contribution is -2.41. The molecule has 2 saturated heterocycles. The van der Waals surface area contributed by atoms with E-state index in [-0.39, 0.29) is 5.91 Å². The van der Waals surface area contributed by atoms with Gasteiger partial charge in [-0.1, -0.05) is 12.1 Å². The molecule has 0 saturated carbocycles. The van der Waals surface area contributed by atoms with Gasteiger partial charge in [0.2, 0.25) is 5.91 Å². The predicted octanol–water partition coefficient (Wildman–Crippen LogP) is 4.00. The third kappa shape index (κ3) is 3.66. The summed E-state index contributed by atoms with van der Waals surface area (Å²) >= 11 is 0. The molecular formula is C29H27N7O. The Balaban J connectivity index is 1.26. The fourth-order valence-electron chi connectivity index (χ4n) is 5.89. The first-order chi connectivity index (χ1) is 18.1. The maximum Gasteiger partial charge on any atom is 0.227 e. The molecule has 0 unspecified atom stereocenters. The SMILES string of the molecule is Cc1nnc2n1-c1ccc(N3C[C@@H](CN4CCC4)CC3=O)cc1Cn1cc(-c3ccc(C#N)cc3)cc1-2. The first-order valence-corrected chi connectivity index (χ1v) is 12.9. The maximum absolute atomic E-state index is 13.0. The van der Waals surface area contributed by atoms with Crippen molar-refractivity contribution in [3.63, 3.8) is 0 Å². The number of amides is 1. The van der Waals surface area contributed by atoms with Gasteiger partial charge in [0.1, 0.15) is 5.82 Å². The summed E-state index contributed by atoms with van der Waals surface area (Å²) in [5, 5.41) is 18.1. The number of nitrogens with zero attached hydrogens (tertiary/aromatic N) is 7. The van der Waals surface area contributed by atoms with E-state index in [9.17, 15) is 4.79 Å². The van der Waals surface area contributed by atoms with Crippen LogP contribution in [0.15, 0.2) is 54.7 Å². The fourth-order valence-corrected chi connectivity index (χ4v) is 5.89. The number of anilines is 1. The average Bonchev–Trinajstić information content (AvgIpc) is 3.56. The number of benzene rings is 2. The Morgan fingerprint density at radius 2 is 1.89 bits per heavy atom. The van der Waals surface area contributed by atoms with E-state index >= 15 is 0 Å². The molecule has 3 aliphatic rings. The van der Waals surface area contributed by atoms with Gasteiger partial charge in [0.05, 0.1) is 23.0 Å². The highest BCUT2D eigenvalue weighted by Crippen LogP contribution is 2.37. The van der Waals surface area contributed by atoms with Crippen LogP contribution in [0.4, 0.5) is 5.69 Å². The highest BCUT2D eigenvalue weighted by molar-refractivity contribution is 5.96. The molecule has 0 radical (unpaired) electrons. The number of rotatable bonds is 4. The molecule has 37 heavy (non-hydrogen) atoms. The highest BCUT2D eigenvalue weighted by Gasteiger charge is 2.33. The van der Waals surface area contributed by atoms with Crippen molar-refractivity contribution in [2.24, 2.45) is 5.92 Å². The quantitative estimate of drug-likeness (QED) is 0.381. The van der Waals surface area contributed by atoms with Gasteiger partial charge in [-0.05, 0) is 79.9 Å². The van der Waals surface area contributed by atoms with E-state index in [2.05, 4.69) is 60.8 Å². The number of nitriles is 1. The van der Waals surface area contributed by atoms with Crippen LogP contribution in [-0.2, 0) is 11.3 Å². The van der Waals surface area contributed by atoms with Gasteiger partial charge in [-0.2, -0.15) is 5.26 Å². The Kier molecular flexibility index (Phi) is 5.01. The molecule has 0 aliphatic carbocycles. The highest BCUT2D eigenvalue weighted by atomic mass is 16.2. The van der Waals surface area contributed by atoms with E-state index in [1.54, 1.807) is 0 Å². The van der Waals surface area contributed by atoms with Crippen molar-refractivity contribution in [3.05, 3.63) is 71.7 Å². The van der Waals surface area contributed by atoms with E-state index < -0.39 is 0 Å². The van der Waals surface area contributed by atoms with Crippen LogP contribution < -0.4 is 4.90 Å². The summed E-state index contributed by atoms with van der Waals surface area (Å²) in [7, 11) is 0. The van der Waals surface area contributed by atoms with Crippen LogP contribution in [0.1, 0.15) is 29.8 Å². The minimum atomic E-state index is 0.213. The van der Waals surface area contributed by atoms with E-state index in [0.717, 1.165) is 71.6 Å². The van der Waals surface area contributed by atoms with Crippen molar-refractivity contribution in [3.8, 4) is 34.4 Å². The van der Waals surface area contributed by atoms with Crippen LogP contribution in [0.25, 0.3) is 28.3 Å². The lowest BCUT2D eigenvalue weighted by atomic mass is 10.1. The summed E-state index contributed by atoms with van der Waals surface area (Å²) in [6.07, 6.45) is 4.03. The van der Waals surface area contributed by atoms with Crippen LogP contribution in [0.5, 0.6) is 0 Å². The molecule has 1 atom stereocenters. The monoisotopic (exact) mass is 489 g/mol. The van der Waals surface area contributed by atoms with Gasteiger partial charge in [-0.15, -0.1) is 10.2 Å². The van der Waals surface area contributed by atoms with E-state index in [0.29, 0.717) is 24.4 Å². The van der Waals surface area contributed by atoms with Crippen molar-refractivity contribution in [1.29, 1.82) is 5.26 Å². The molecule has 1 amide bonds. The van der Waals surface area contributed by atoms with Gasteiger partial charge in [-0.25, -0.2) is 0 Å². The van der Waals surface area contributed by atoms with Crippen molar-refractivity contribution in [2.45, 2.75) is 26.3 Å². The third-order valence-electron chi connectivity index (χ3n) is 7.92. The number of fused-ring (bicyclic) bond motifs is 5. The number of aryl methyl sites for hydroxylation is 1. The first-order valence-electron chi connectivity index (χ1n) is 12.9. The molecule has 2 aromatic carbocycles. The second-order valence-electron chi connectivity index (χ2n) is 10.4. The van der Waals surface area contributed by atoms with E-state index in [1.807, 2.05) is 36.1 Å². The van der Waals surface area contributed by atoms with Gasteiger partial charge in [0, 0.05) is 43.5 Å². The summed E-state index contributed by atoms with van der Waals surface area (Å²) < 4.78 is 4.32. The number of carbonyl (C=O) groups is 1. The average molecular weight is 490 g/mol. The van der Waals surface area contributed by atoms with Gasteiger partial charge in [0.25, 0.3) is 0 Å². The van der Waals surface area contributed by atoms with Gasteiger partial charge in [0.15, 0.2) is 5.82 Å². The lowest BCUT2D eigenvalue weighted by molar-refractivity contribution is -0.117. The standard InChI is InChI=1S/C29H27N7O/c1-19-31-32-29-27-13-23(22-5-3-20(14-30)4-6-22)17-34(27)18-24-12-25(7-8-26(24)36(19)29)35-16-21(11-28(35)37)15-33-9-2-10-33/h3-8,12-13,17,21H,2,9-11,15-16,18H2,1H3/t21-/m1/s1. The van der Waals surface area contributed by atoms with Gasteiger partial charge >= 0.3 is 0 Å². The van der Waals surface area contributed by atoms with Crippen LogP contribution in [0.2, 0.25) is 0 Å². The normalized spacial score (nSPS) is 18.5. The molecular weight excluding hydrogens is 462 g/mol. The van der Waals surface area contributed by atoms with Gasteiger partial charge in [-0.3, -0.25) is 9.36 Å². The second kappa shape index (κ2) is 8.43. The predicted molar refractivity (Wildman–Crippen MR) is 140 cm³/mol. The smallest absolute Gasteiger partial charge is 0.227 e. The van der Waals surface area contributed by atoms with Crippen molar-refractivity contribution < 1.29 is 4.79 Å². The number of likely N-dealkylation sites (tertiary alicyclic amines) is 1. The van der Waals surface area contributed by atoms with E-state index in [1.165, 1.54) is 6.42 Å². The van der Waals surface area contributed by atoms with Crippen LogP contribution in [0.3, 0.4) is 0 Å². The van der Waals surface area contributed by atoms with Crippen molar-refractivity contribution in [1.82, 2.24) is 24.2 Å². The second-order valence-corrected chi connectivity index (χ2v) is 10.4. The molecule has 0 spiro atoms. The molecule has 2 fully saturated rings. The Bertz CT molecular complexity index is 1570. The maximum atomic E-state index is 13.0. The molecule has 8 heteroatoms. The minimum Gasteiger partial charge on any atom is -0.340 e. The Labute approximate surface area is 215 Å². The molecule has 7 rings (SSSR count). The summed E-state index contributed by atoms with van der Waals surface area (Å²) in [4.78, 5) is 17.4. The Morgan fingerprint density at radius 1 is 1.05 bits per heavy atom. The third-order valence-corrected chi connectivity index (χ3v) is 7.92. The molecule has 184 valence electrons. The van der Waals surface area contributed by atoms with Crippen LogP contribution >= 0.6 is 0 Å². The molecule has 0 bridgehead atoms. The Morgan fingerprint density at radius 3 is 2.65 bits per heavy atom. The minimum absolute atomic E-state index is 0.213. The molecule has 5 heterocycles. The summed E-state index contributed by atoms with van der Waals surface area (Å²) in [5.41, 5.74) is 6.89. The van der Waals surface area contributed by atoms with Crippen molar-refractivity contribution in [2.75, 3.05) is 31.1 Å². The number of hydrogen-bond acceptors (Lipinski definition) is 5. The summed E-state index contributed by atoms with van der Waals surface area (Å²) in [6, 6.07) is 18.3. The number of aromatic nitrogens is 4. The van der Waals surface area contributed by atoms with Crippen LogP contribution in [0, 0.1) is 24.2 Å². The zero-order valence-electron chi connectivity index (χ0n) is 20.8.